The molecule has 0 N–H and O–H groups in total. The van der Waals surface area contributed by atoms with Crippen LogP contribution in [0.5, 0.6) is 0 Å². The minimum absolute atomic E-state index is 1.10. The van der Waals surface area contributed by atoms with E-state index in [1.54, 1.807) is 0 Å². The zero-order chi connectivity index (χ0) is 7.82. The van der Waals surface area contributed by atoms with Gasteiger partial charge in [0.2, 0.25) is 0 Å². The maximum Gasteiger partial charge on any atom is 0.0431 e. The minimum atomic E-state index is 1.10. The van der Waals surface area contributed by atoms with Crippen molar-refractivity contribution in [1.82, 2.24) is 0 Å². The summed E-state index contributed by atoms with van der Waals surface area (Å²) < 4.78 is 0. The fourth-order valence-electron chi connectivity index (χ4n) is 0.531. The van der Waals surface area contributed by atoms with Crippen LogP contribution in [0.2, 0.25) is 0 Å². The Kier molecular flexibility index (Phi) is 6.71. The summed E-state index contributed by atoms with van der Waals surface area (Å²) in [6.45, 7) is 6.13. The van der Waals surface area contributed by atoms with Crippen LogP contribution in [-0.4, -0.2) is 12.0 Å². The monoisotopic (exact) mass is 157 g/mol. The van der Waals surface area contributed by atoms with Gasteiger partial charge in [0.1, 0.15) is 0 Å². The molecule has 0 radical (unpaired) electrons. The summed E-state index contributed by atoms with van der Waals surface area (Å²) in [5.74, 6) is 1.19. The summed E-state index contributed by atoms with van der Waals surface area (Å²) >= 11 is 1.83. The van der Waals surface area contributed by atoms with Gasteiger partial charge in [-0.05, 0) is 31.4 Å². The van der Waals surface area contributed by atoms with Crippen molar-refractivity contribution in [2.24, 2.45) is 4.99 Å². The van der Waals surface area contributed by atoms with Gasteiger partial charge in [-0.2, -0.15) is 0 Å². The third-order valence-corrected chi connectivity index (χ3v) is 2.06. The van der Waals surface area contributed by atoms with Crippen molar-refractivity contribution in [1.29, 1.82) is 0 Å². The molecule has 0 heterocycles. The largest absolute Gasteiger partial charge is 0.266 e. The van der Waals surface area contributed by atoms with E-state index in [1.807, 2.05) is 31.8 Å². The van der Waals surface area contributed by atoms with E-state index in [0.717, 1.165) is 5.70 Å². The molecule has 0 saturated carbocycles. The van der Waals surface area contributed by atoms with Gasteiger partial charge in [0.25, 0.3) is 0 Å². The first-order valence-electron chi connectivity index (χ1n) is 3.58. The van der Waals surface area contributed by atoms with Crippen molar-refractivity contribution in [3.63, 3.8) is 0 Å². The molecule has 0 aliphatic rings. The molecule has 0 spiro atoms. The summed E-state index contributed by atoms with van der Waals surface area (Å²) in [5.41, 5.74) is 1.10. The van der Waals surface area contributed by atoms with Gasteiger partial charge < -0.3 is 0 Å². The van der Waals surface area contributed by atoms with E-state index in [0.29, 0.717) is 0 Å². The molecule has 0 saturated heterocycles. The lowest BCUT2D eigenvalue weighted by molar-refractivity contribution is 1.11. The van der Waals surface area contributed by atoms with E-state index >= 15 is 0 Å². The van der Waals surface area contributed by atoms with Crippen LogP contribution in [-0.2, 0) is 0 Å². The topological polar surface area (TPSA) is 12.4 Å². The van der Waals surface area contributed by atoms with Gasteiger partial charge in [0, 0.05) is 11.9 Å². The third-order valence-electron chi connectivity index (χ3n) is 0.909. The quantitative estimate of drug-likeness (QED) is 0.451. The summed E-state index contributed by atoms with van der Waals surface area (Å²) in [6, 6.07) is 0. The molecule has 0 fully saturated rings. The Morgan fingerprint density at radius 3 is 2.80 bits per heavy atom. The highest BCUT2D eigenvalue weighted by Crippen LogP contribution is 2.08. The normalized spacial score (nSPS) is 12.9. The van der Waals surface area contributed by atoms with E-state index in [-0.39, 0.29) is 0 Å². The first kappa shape index (κ1) is 9.76. The van der Waals surface area contributed by atoms with Crippen molar-refractivity contribution < 1.29 is 0 Å². The van der Waals surface area contributed by atoms with E-state index in [1.165, 1.54) is 12.2 Å². The average Bonchev–Trinajstić information content (AvgIpc) is 1.89. The summed E-state index contributed by atoms with van der Waals surface area (Å²) in [6.07, 6.45) is 3.04. The van der Waals surface area contributed by atoms with Gasteiger partial charge in [0.15, 0.2) is 0 Å². The summed E-state index contributed by atoms with van der Waals surface area (Å²) in [5, 5.41) is 2.10. The molecule has 0 aliphatic carbocycles. The van der Waals surface area contributed by atoms with Gasteiger partial charge in [-0.3, -0.25) is 4.99 Å². The smallest absolute Gasteiger partial charge is 0.0431 e. The second kappa shape index (κ2) is 6.87. The minimum Gasteiger partial charge on any atom is -0.266 e. The predicted molar refractivity (Wildman–Crippen MR) is 50.7 cm³/mol. The third kappa shape index (κ3) is 5.89. The average molecular weight is 157 g/mol. The molecule has 0 amide bonds. The maximum absolute atomic E-state index is 4.11. The number of allylic oxidation sites excluding steroid dienone is 1. The molecule has 0 atom stereocenters. The van der Waals surface area contributed by atoms with Gasteiger partial charge >= 0.3 is 0 Å². The van der Waals surface area contributed by atoms with Crippen LogP contribution in [0.4, 0.5) is 0 Å². The van der Waals surface area contributed by atoms with Gasteiger partial charge in [-0.25, -0.2) is 0 Å². The van der Waals surface area contributed by atoms with Crippen molar-refractivity contribution >= 4 is 18.0 Å². The molecule has 0 unspecified atom stereocenters. The van der Waals surface area contributed by atoms with Crippen LogP contribution >= 0.6 is 11.8 Å². The van der Waals surface area contributed by atoms with Gasteiger partial charge in [-0.1, -0.05) is 6.92 Å². The molecule has 0 rings (SSSR count). The molecule has 0 aromatic heterocycles. The van der Waals surface area contributed by atoms with Crippen LogP contribution in [0.3, 0.4) is 0 Å². The van der Waals surface area contributed by atoms with Crippen LogP contribution in [0.25, 0.3) is 0 Å². The Hall–Kier alpha value is -0.240. The fraction of sp³-hybridized carbons (Fsp3) is 0.625. The molecule has 58 valence electrons. The predicted octanol–water partition coefficient (Wildman–Crippen LogP) is 3.08. The summed E-state index contributed by atoms with van der Waals surface area (Å²) in [7, 11) is 0. The Balaban J connectivity index is 3.47. The SMILES string of the molecule is CC=N/C(C)=C\SCCC. The molecule has 1 nitrogen and oxygen atoms in total. The molecule has 0 bridgehead atoms. The molecular formula is C8H15NS. The van der Waals surface area contributed by atoms with E-state index < -0.39 is 0 Å². The standard InChI is InChI=1S/C8H15NS/c1-4-6-10-7-8(3)9-5-2/h5,7H,4,6H2,1-3H3/b8-7-,9-5?. The van der Waals surface area contributed by atoms with Gasteiger partial charge in [-0.15, -0.1) is 11.8 Å². The number of nitrogens with zero attached hydrogens (tertiary/aromatic N) is 1. The van der Waals surface area contributed by atoms with Crippen LogP contribution in [0.1, 0.15) is 27.2 Å². The maximum atomic E-state index is 4.11. The number of aliphatic imine (C=N–C) groups is 1. The summed E-state index contributed by atoms with van der Waals surface area (Å²) in [4.78, 5) is 4.11. The number of hydrogen-bond donors (Lipinski definition) is 0. The van der Waals surface area contributed by atoms with Crippen molar-refractivity contribution in [3.8, 4) is 0 Å². The first-order valence-corrected chi connectivity index (χ1v) is 4.63. The second-order valence-corrected chi connectivity index (χ2v) is 2.99. The lowest BCUT2D eigenvalue weighted by Gasteiger charge is -1.91. The van der Waals surface area contributed by atoms with Crippen LogP contribution in [0.15, 0.2) is 16.1 Å². The van der Waals surface area contributed by atoms with Crippen LogP contribution < -0.4 is 0 Å². The van der Waals surface area contributed by atoms with Crippen molar-refractivity contribution in [2.45, 2.75) is 27.2 Å². The molecule has 0 aromatic rings. The zero-order valence-electron chi connectivity index (χ0n) is 6.92. The van der Waals surface area contributed by atoms with Crippen LogP contribution in [0, 0.1) is 0 Å². The van der Waals surface area contributed by atoms with E-state index in [9.17, 15) is 0 Å². The number of thioether (sulfide) groups is 1. The van der Waals surface area contributed by atoms with Gasteiger partial charge in [0.05, 0.1) is 0 Å². The Labute approximate surface area is 67.6 Å². The number of rotatable bonds is 4. The van der Waals surface area contributed by atoms with Crippen molar-refractivity contribution in [2.75, 3.05) is 5.75 Å². The van der Waals surface area contributed by atoms with Crippen molar-refractivity contribution in [3.05, 3.63) is 11.1 Å². The fourth-order valence-corrected chi connectivity index (χ4v) is 1.19. The van der Waals surface area contributed by atoms with E-state index in [2.05, 4.69) is 17.3 Å². The lowest BCUT2D eigenvalue weighted by atomic mass is 10.6. The highest BCUT2D eigenvalue weighted by Gasteiger charge is 1.81. The Bertz CT molecular complexity index is 127. The molecule has 0 aliphatic heterocycles. The Morgan fingerprint density at radius 2 is 2.30 bits per heavy atom. The lowest BCUT2D eigenvalue weighted by Crippen LogP contribution is -1.71. The molecule has 2 heteroatoms. The first-order chi connectivity index (χ1) is 4.81. The molecule has 10 heavy (non-hydrogen) atoms. The highest BCUT2D eigenvalue weighted by atomic mass is 32.2. The highest BCUT2D eigenvalue weighted by molar-refractivity contribution is 8.02. The zero-order valence-corrected chi connectivity index (χ0v) is 7.74. The molecule has 0 aromatic carbocycles. The Morgan fingerprint density at radius 1 is 1.60 bits per heavy atom. The number of hydrogen-bond acceptors (Lipinski definition) is 2. The van der Waals surface area contributed by atoms with E-state index in [4.69, 9.17) is 0 Å². The molecular weight excluding hydrogens is 142 g/mol. The second-order valence-electron chi connectivity index (χ2n) is 2.02.